The van der Waals surface area contributed by atoms with Crippen molar-refractivity contribution in [2.75, 3.05) is 51.1 Å². The van der Waals surface area contributed by atoms with E-state index >= 15 is 0 Å². The van der Waals surface area contributed by atoms with Gasteiger partial charge in [0.25, 0.3) is 0 Å². The number of imide groups is 2. The van der Waals surface area contributed by atoms with Gasteiger partial charge in [-0.3, -0.25) is 24.1 Å². The van der Waals surface area contributed by atoms with E-state index in [2.05, 4.69) is 41.5 Å². The molecule has 3 aromatic carbocycles. The number of amides is 4. The summed E-state index contributed by atoms with van der Waals surface area (Å²) in [6.07, 6.45) is 7.46. The fraction of sp³-hybridized carbons (Fsp3) is 0.527. The molecule has 374 valence electrons. The predicted molar refractivity (Wildman–Crippen MR) is 257 cm³/mol. The predicted octanol–water partition coefficient (Wildman–Crippen LogP) is 5.91. The van der Waals surface area contributed by atoms with Crippen LogP contribution in [-0.2, 0) is 43.5 Å². The van der Waals surface area contributed by atoms with Gasteiger partial charge in [0.1, 0.15) is 53.9 Å². The highest BCUT2D eigenvalue weighted by molar-refractivity contribution is 6.23. The first-order chi connectivity index (χ1) is 33.3. The Balaban J connectivity index is 0.701. The van der Waals surface area contributed by atoms with Gasteiger partial charge in [-0.15, -0.1) is 0 Å². The third-order valence-corrected chi connectivity index (χ3v) is 15.1. The molecule has 4 amide bonds. The second-order valence-corrected chi connectivity index (χ2v) is 21.5. The molecule has 0 radical (unpaired) electrons. The number of aliphatic hydroxyl groups is 2. The number of hydrogen-bond acceptors (Lipinski definition) is 13. The Bertz CT molecular complexity index is 2490. The number of phenols is 1. The number of carbonyl (C=O) groups is 4. The zero-order chi connectivity index (χ0) is 49.8. The second-order valence-electron chi connectivity index (χ2n) is 21.5. The average molecular weight is 963 g/mol. The monoisotopic (exact) mass is 962 g/mol. The van der Waals surface area contributed by atoms with Crippen LogP contribution in [0.25, 0.3) is 0 Å². The number of rotatable bonds is 23. The SMILES string of the molecule is CCCC(C)CC(C)(C)CN1C(=O)C2C3C=CC(COCC(O)COc4ccc(C(C)(C)c5ccc(OCC(O)COCC67C=CC(O6)C6C(=O)N(c8ccc(O)cc8)C(=O)C67)cc5)cc4)(O3)C2C1=O. The molecule has 0 aliphatic carbocycles. The maximum atomic E-state index is 13.8. The first-order valence-corrected chi connectivity index (χ1v) is 24.6. The fourth-order valence-electron chi connectivity index (χ4n) is 11.7. The van der Waals surface area contributed by atoms with E-state index in [1.807, 2.05) is 60.7 Å². The van der Waals surface area contributed by atoms with E-state index in [4.69, 9.17) is 28.4 Å². The number of hydrogen-bond donors (Lipinski definition) is 3. The Kier molecular flexibility index (Phi) is 13.7. The molecular formula is C55H66N2O13. The van der Waals surface area contributed by atoms with E-state index < -0.39 is 64.7 Å². The fourth-order valence-corrected chi connectivity index (χ4v) is 11.7. The summed E-state index contributed by atoms with van der Waals surface area (Å²) in [7, 11) is 0. The van der Waals surface area contributed by atoms with Gasteiger partial charge in [-0.25, -0.2) is 4.90 Å². The van der Waals surface area contributed by atoms with Gasteiger partial charge in [-0.05, 0) is 77.4 Å². The molecule has 15 heteroatoms. The third-order valence-electron chi connectivity index (χ3n) is 15.1. The first kappa shape index (κ1) is 49.6. The van der Waals surface area contributed by atoms with Gasteiger partial charge in [0, 0.05) is 12.0 Å². The normalized spacial score (nSPS) is 28.8. The number of fused-ring (bicyclic) bond motifs is 10. The van der Waals surface area contributed by atoms with E-state index in [0.29, 0.717) is 29.6 Å². The number of phenolic OH excluding ortho intramolecular Hbond substituents is 1. The van der Waals surface area contributed by atoms with E-state index in [9.17, 15) is 34.5 Å². The molecular weight excluding hydrogens is 897 g/mol. The molecule has 3 N–H and O–H groups in total. The summed E-state index contributed by atoms with van der Waals surface area (Å²) < 4.78 is 36.1. The third kappa shape index (κ3) is 9.32. The van der Waals surface area contributed by atoms with Crippen LogP contribution in [0, 0.1) is 35.0 Å². The van der Waals surface area contributed by atoms with Gasteiger partial charge in [0.2, 0.25) is 23.6 Å². The Morgan fingerprint density at radius 3 is 1.64 bits per heavy atom. The van der Waals surface area contributed by atoms with Gasteiger partial charge < -0.3 is 43.7 Å². The van der Waals surface area contributed by atoms with E-state index in [0.717, 1.165) is 35.3 Å². The maximum Gasteiger partial charge on any atom is 0.241 e. The molecule has 0 spiro atoms. The number of ether oxygens (including phenoxy) is 6. The highest BCUT2D eigenvalue weighted by atomic mass is 16.6. The van der Waals surface area contributed by atoms with Crippen molar-refractivity contribution in [3.05, 3.63) is 108 Å². The lowest BCUT2D eigenvalue weighted by atomic mass is 9.77. The molecule has 0 saturated carbocycles. The zero-order valence-electron chi connectivity index (χ0n) is 40.8. The molecule has 70 heavy (non-hydrogen) atoms. The number of nitrogens with zero attached hydrogens (tertiary/aromatic N) is 2. The van der Waals surface area contributed by atoms with Gasteiger partial charge >= 0.3 is 0 Å². The van der Waals surface area contributed by atoms with Gasteiger partial charge in [-0.1, -0.05) is 103 Å². The summed E-state index contributed by atoms with van der Waals surface area (Å²) >= 11 is 0. The molecule has 4 bridgehead atoms. The summed E-state index contributed by atoms with van der Waals surface area (Å²) in [6.45, 7) is 13.1. The molecule has 6 aliphatic rings. The summed E-state index contributed by atoms with van der Waals surface area (Å²) in [5.41, 5.74) is -0.328. The van der Waals surface area contributed by atoms with E-state index in [-0.39, 0.29) is 74.4 Å². The van der Waals surface area contributed by atoms with Crippen LogP contribution in [0.3, 0.4) is 0 Å². The van der Waals surface area contributed by atoms with E-state index in [1.54, 1.807) is 12.2 Å². The van der Waals surface area contributed by atoms with E-state index in [1.165, 1.54) is 29.2 Å². The number of likely N-dealkylation sites (tertiary alicyclic amines) is 1. The largest absolute Gasteiger partial charge is 0.508 e. The first-order valence-electron chi connectivity index (χ1n) is 24.6. The van der Waals surface area contributed by atoms with Crippen molar-refractivity contribution < 1.29 is 62.9 Å². The van der Waals surface area contributed by atoms with Crippen LogP contribution in [0.4, 0.5) is 5.69 Å². The van der Waals surface area contributed by atoms with Gasteiger partial charge in [0.05, 0.1) is 68.0 Å². The van der Waals surface area contributed by atoms with Crippen molar-refractivity contribution in [1.82, 2.24) is 4.90 Å². The summed E-state index contributed by atoms with van der Waals surface area (Å²) in [5, 5.41) is 31.3. The Morgan fingerprint density at radius 2 is 1.14 bits per heavy atom. The molecule has 4 fully saturated rings. The van der Waals surface area contributed by atoms with Gasteiger partial charge in [-0.2, -0.15) is 0 Å². The van der Waals surface area contributed by atoms with Crippen molar-refractivity contribution in [1.29, 1.82) is 0 Å². The minimum Gasteiger partial charge on any atom is -0.508 e. The van der Waals surface area contributed by atoms with Crippen LogP contribution in [0.5, 0.6) is 17.2 Å². The average Bonchev–Trinajstić information content (AvgIpc) is 4.17. The molecule has 4 saturated heterocycles. The summed E-state index contributed by atoms with van der Waals surface area (Å²) in [4.78, 5) is 57.0. The van der Waals surface area contributed by atoms with Gasteiger partial charge in [0.15, 0.2) is 0 Å². The van der Waals surface area contributed by atoms with Crippen LogP contribution in [0.1, 0.15) is 71.9 Å². The lowest BCUT2D eigenvalue weighted by Gasteiger charge is -2.33. The Hall–Kier alpha value is -5.42. The molecule has 11 unspecified atom stereocenters. The number of anilines is 1. The van der Waals surface area contributed by atoms with Crippen LogP contribution in [0.15, 0.2) is 97.1 Å². The van der Waals surface area contributed by atoms with Crippen LogP contribution in [-0.4, -0.2) is 126 Å². The molecule has 15 nitrogen and oxygen atoms in total. The molecule has 0 aromatic heterocycles. The zero-order valence-corrected chi connectivity index (χ0v) is 40.8. The van der Waals surface area contributed by atoms with Crippen molar-refractivity contribution >= 4 is 29.3 Å². The quantitative estimate of drug-likeness (QED) is 0.0753. The van der Waals surface area contributed by atoms with Crippen LogP contribution >= 0.6 is 0 Å². The summed E-state index contributed by atoms with van der Waals surface area (Å²) in [5.74, 6) is -2.09. The second kappa shape index (κ2) is 19.3. The lowest BCUT2D eigenvalue weighted by Crippen LogP contribution is -2.46. The molecule has 3 aromatic rings. The number of aliphatic hydroxyl groups excluding tert-OH is 2. The minimum absolute atomic E-state index is 0.0149. The summed E-state index contributed by atoms with van der Waals surface area (Å²) in [6, 6.07) is 21.2. The Morgan fingerprint density at radius 1 is 0.657 bits per heavy atom. The van der Waals surface area contributed by atoms with Crippen LogP contribution < -0.4 is 14.4 Å². The molecule has 9 rings (SSSR count). The van der Waals surface area contributed by atoms with Crippen molar-refractivity contribution in [3.8, 4) is 17.2 Å². The highest BCUT2D eigenvalue weighted by Crippen LogP contribution is 2.54. The number of benzene rings is 3. The number of aromatic hydroxyl groups is 1. The maximum absolute atomic E-state index is 13.8. The Labute approximate surface area is 409 Å². The molecule has 11 atom stereocenters. The lowest BCUT2D eigenvalue weighted by molar-refractivity contribution is -0.148. The topological polar surface area (TPSA) is 191 Å². The highest BCUT2D eigenvalue weighted by Gasteiger charge is 2.69. The minimum atomic E-state index is -1.13. The van der Waals surface area contributed by atoms with Crippen molar-refractivity contribution in [2.45, 2.75) is 102 Å². The van der Waals surface area contributed by atoms with Crippen molar-refractivity contribution in [3.63, 3.8) is 0 Å². The molecule has 6 heterocycles. The number of carbonyl (C=O) groups excluding carboxylic acids is 4. The standard InChI is InChI=1S/C55H66N2O13/c1-7-8-33(2)25-52(3,4)30-56-48(61)44-42-21-23-54(69-42,46(44)50(56)63)31-65-26-38(59)28-67-40-17-9-34(10-18-40)53(5,6)35-11-19-41(20-12-35)68-29-39(60)27-66-32-55-24-22-43(70-55)45-47(55)51(64)57(49(45)62)36-13-15-37(58)16-14-36/h9-24,33,38-39,42-47,58-60H,7-8,25-32H2,1-6H3. The smallest absolute Gasteiger partial charge is 0.241 e. The molecule has 6 aliphatic heterocycles. The van der Waals surface area contributed by atoms with Crippen molar-refractivity contribution in [2.24, 2.45) is 35.0 Å². The van der Waals surface area contributed by atoms with Crippen LogP contribution in [0.2, 0.25) is 0 Å².